The second kappa shape index (κ2) is 3.73. The zero-order valence-corrected chi connectivity index (χ0v) is 9.90. The van der Waals surface area contributed by atoms with E-state index in [0.29, 0.717) is 7.14 Å². The van der Waals surface area contributed by atoms with E-state index >= 15 is 0 Å². The summed E-state index contributed by atoms with van der Waals surface area (Å²) in [6, 6.07) is 2.54. The fraction of sp³-hybridized carbons (Fsp3) is 0. The first kappa shape index (κ1) is 9.96. The van der Waals surface area contributed by atoms with Crippen LogP contribution in [0.5, 0.6) is 5.75 Å². The van der Waals surface area contributed by atoms with E-state index < -0.39 is 4.92 Å². The second-order valence-electron chi connectivity index (χ2n) is 2.00. The molecule has 1 aromatic rings. The molecule has 0 unspecified atom stereocenters. The van der Waals surface area contributed by atoms with E-state index in [9.17, 15) is 15.2 Å². The van der Waals surface area contributed by atoms with Crippen molar-refractivity contribution in [1.82, 2.24) is 0 Å². The largest absolute Gasteiger partial charge is 0.871 e. The molecule has 0 saturated carbocycles. The van der Waals surface area contributed by atoms with E-state index in [4.69, 9.17) is 0 Å². The van der Waals surface area contributed by atoms with Gasteiger partial charge in [0.25, 0.3) is 5.69 Å². The zero-order chi connectivity index (χ0) is 9.30. The van der Waals surface area contributed by atoms with Crippen molar-refractivity contribution < 1.29 is 10.0 Å². The summed E-state index contributed by atoms with van der Waals surface area (Å²) < 4.78 is 0.761. The first-order valence-corrected chi connectivity index (χ1v) is 4.98. The van der Waals surface area contributed by atoms with E-state index in [-0.39, 0.29) is 11.4 Å². The quantitative estimate of drug-likeness (QED) is 0.418. The molecule has 64 valence electrons. The van der Waals surface area contributed by atoms with Crippen LogP contribution in [0.4, 0.5) is 5.69 Å². The van der Waals surface area contributed by atoms with Crippen LogP contribution < -0.4 is 5.11 Å². The molecule has 0 radical (unpaired) electrons. The van der Waals surface area contributed by atoms with E-state index in [1.807, 2.05) is 0 Å². The highest BCUT2D eigenvalue weighted by Crippen LogP contribution is 2.28. The van der Waals surface area contributed by atoms with Gasteiger partial charge in [0, 0.05) is 19.3 Å². The molecule has 0 aromatic heterocycles. The number of benzene rings is 1. The average Bonchev–Trinajstić information content (AvgIpc) is 1.99. The van der Waals surface area contributed by atoms with Crippen LogP contribution in [0.15, 0.2) is 12.1 Å². The van der Waals surface area contributed by atoms with Crippen molar-refractivity contribution in [2.75, 3.05) is 0 Å². The molecule has 4 nitrogen and oxygen atoms in total. The molecule has 1 rings (SSSR count). The number of nitro benzene ring substituents is 1. The lowest BCUT2D eigenvalue weighted by atomic mass is 10.3. The lowest BCUT2D eigenvalue weighted by Gasteiger charge is -2.10. The molecule has 0 aliphatic carbocycles. The Morgan fingerprint density at radius 3 is 2.00 bits per heavy atom. The van der Waals surface area contributed by atoms with Crippen molar-refractivity contribution in [3.8, 4) is 5.75 Å². The van der Waals surface area contributed by atoms with Crippen molar-refractivity contribution in [3.05, 3.63) is 29.4 Å². The van der Waals surface area contributed by atoms with Crippen LogP contribution in [-0.4, -0.2) is 4.92 Å². The van der Waals surface area contributed by atoms with Crippen LogP contribution in [0.25, 0.3) is 0 Å². The van der Waals surface area contributed by atoms with Crippen LogP contribution in [-0.2, 0) is 0 Å². The molecule has 0 saturated heterocycles. The van der Waals surface area contributed by atoms with E-state index in [1.54, 1.807) is 45.2 Å². The Morgan fingerprint density at radius 2 is 1.67 bits per heavy atom. The van der Waals surface area contributed by atoms with E-state index in [2.05, 4.69) is 0 Å². The van der Waals surface area contributed by atoms with Gasteiger partial charge in [-0.1, -0.05) is 5.75 Å². The molecule has 0 aliphatic heterocycles. The number of nitro groups is 1. The highest BCUT2D eigenvalue weighted by molar-refractivity contribution is 14.1. The van der Waals surface area contributed by atoms with Crippen molar-refractivity contribution in [1.29, 1.82) is 0 Å². The maximum absolute atomic E-state index is 11.1. The summed E-state index contributed by atoms with van der Waals surface area (Å²) in [6.07, 6.45) is 0. The molecular weight excluding hydrogens is 388 g/mol. The molecule has 0 amide bonds. The maximum Gasteiger partial charge on any atom is 0.271 e. The Labute approximate surface area is 95.4 Å². The van der Waals surface area contributed by atoms with Gasteiger partial charge in [-0.15, -0.1) is 0 Å². The molecule has 12 heavy (non-hydrogen) atoms. The van der Waals surface area contributed by atoms with Gasteiger partial charge in [0.2, 0.25) is 0 Å². The van der Waals surface area contributed by atoms with Gasteiger partial charge in [-0.3, -0.25) is 10.1 Å². The van der Waals surface area contributed by atoms with Crippen LogP contribution in [0.3, 0.4) is 0 Å². The van der Waals surface area contributed by atoms with Gasteiger partial charge in [0.15, 0.2) is 0 Å². The number of halogens is 2. The fourth-order valence-corrected chi connectivity index (χ4v) is 2.39. The smallest absolute Gasteiger partial charge is 0.271 e. The van der Waals surface area contributed by atoms with E-state index in [1.165, 1.54) is 12.1 Å². The summed E-state index contributed by atoms with van der Waals surface area (Å²) in [5.41, 5.74) is -0.0385. The fourth-order valence-electron chi connectivity index (χ4n) is 0.652. The molecule has 0 bridgehead atoms. The Hall–Kier alpha value is -0.120. The number of rotatable bonds is 1. The number of nitrogens with zero attached hydrogens (tertiary/aromatic N) is 1. The maximum atomic E-state index is 11.1. The lowest BCUT2D eigenvalue weighted by molar-refractivity contribution is -0.385. The van der Waals surface area contributed by atoms with Gasteiger partial charge in [0.05, 0.1) is 4.92 Å². The third-order valence-electron chi connectivity index (χ3n) is 1.19. The topological polar surface area (TPSA) is 66.2 Å². The molecule has 1 aromatic carbocycles. The summed E-state index contributed by atoms with van der Waals surface area (Å²) >= 11 is 3.57. The number of hydrogen-bond acceptors (Lipinski definition) is 3. The second-order valence-corrected chi connectivity index (χ2v) is 4.32. The lowest BCUT2D eigenvalue weighted by Crippen LogP contribution is -1.98. The summed E-state index contributed by atoms with van der Waals surface area (Å²) in [6.45, 7) is 0. The summed E-state index contributed by atoms with van der Waals surface area (Å²) in [5.74, 6) is -0.151. The highest BCUT2D eigenvalue weighted by Gasteiger charge is 2.08. The first-order chi connectivity index (χ1) is 5.52. The first-order valence-electron chi connectivity index (χ1n) is 2.83. The molecule has 0 spiro atoms. The van der Waals surface area contributed by atoms with E-state index in [0.717, 1.165) is 0 Å². The van der Waals surface area contributed by atoms with Gasteiger partial charge in [-0.05, 0) is 45.2 Å². The van der Waals surface area contributed by atoms with Crippen molar-refractivity contribution >= 4 is 50.9 Å². The van der Waals surface area contributed by atoms with Gasteiger partial charge < -0.3 is 5.11 Å². The molecule has 6 heteroatoms. The minimum Gasteiger partial charge on any atom is -0.871 e. The minimum absolute atomic E-state index is 0.0385. The number of hydrogen-bond donors (Lipinski definition) is 0. The SMILES string of the molecule is O=[N+]([O-])c1cc(I)c([O-])c(I)c1. The minimum atomic E-state index is -0.510. The average molecular weight is 390 g/mol. The Balaban J connectivity index is 3.31. The van der Waals surface area contributed by atoms with Crippen LogP contribution in [0, 0.1) is 17.3 Å². The van der Waals surface area contributed by atoms with Crippen LogP contribution in [0.2, 0.25) is 0 Å². The molecule has 0 fully saturated rings. The summed E-state index contributed by atoms with van der Waals surface area (Å²) in [4.78, 5) is 9.80. The Bertz CT molecular complexity index is 317. The van der Waals surface area contributed by atoms with Gasteiger partial charge in [-0.25, -0.2) is 0 Å². The van der Waals surface area contributed by atoms with Gasteiger partial charge in [-0.2, -0.15) is 0 Å². The standard InChI is InChI=1S/C6H3I2NO3/c7-4-1-3(9(11)12)2-5(8)6(4)10/h1-2,10H/p-1. The van der Waals surface area contributed by atoms with Crippen LogP contribution >= 0.6 is 45.2 Å². The molecule has 0 aliphatic rings. The third kappa shape index (κ3) is 1.97. The zero-order valence-electron chi connectivity index (χ0n) is 5.58. The molecule has 0 atom stereocenters. The van der Waals surface area contributed by atoms with Crippen molar-refractivity contribution in [2.45, 2.75) is 0 Å². The predicted octanol–water partition coefficient (Wildman–Crippen LogP) is 1.88. The van der Waals surface area contributed by atoms with Crippen molar-refractivity contribution in [3.63, 3.8) is 0 Å². The highest BCUT2D eigenvalue weighted by atomic mass is 127. The normalized spacial score (nSPS) is 9.83. The predicted molar refractivity (Wildman–Crippen MR) is 58.0 cm³/mol. The molecule has 0 N–H and O–H groups in total. The monoisotopic (exact) mass is 390 g/mol. The summed E-state index contributed by atoms with van der Waals surface area (Å²) in [7, 11) is 0. The van der Waals surface area contributed by atoms with Gasteiger partial charge in [0.1, 0.15) is 0 Å². The molecule has 0 heterocycles. The van der Waals surface area contributed by atoms with Gasteiger partial charge >= 0.3 is 0 Å². The molecular formula is C6H2I2NO3-. The third-order valence-corrected chi connectivity index (χ3v) is 2.80. The Kier molecular flexibility index (Phi) is 3.09. The van der Waals surface area contributed by atoms with Crippen molar-refractivity contribution in [2.24, 2.45) is 0 Å². The summed E-state index contributed by atoms with van der Waals surface area (Å²) in [5, 5.41) is 21.4. The van der Waals surface area contributed by atoms with Crippen LogP contribution in [0.1, 0.15) is 0 Å². The number of non-ortho nitro benzene ring substituents is 1. The Morgan fingerprint density at radius 1 is 1.25 bits per heavy atom.